The van der Waals surface area contributed by atoms with Crippen molar-refractivity contribution >= 4 is 37.3 Å². The summed E-state index contributed by atoms with van der Waals surface area (Å²) in [6.45, 7) is 14.0. The summed E-state index contributed by atoms with van der Waals surface area (Å²) in [5.41, 5.74) is 0. The molecular weight excluding hydrogens is 274 g/mol. The lowest BCUT2D eigenvalue weighted by molar-refractivity contribution is 0.816. The molecule has 18 heavy (non-hydrogen) atoms. The minimum absolute atomic E-state index is 1.17. The highest BCUT2D eigenvalue weighted by atomic mass is 32.1. The van der Waals surface area contributed by atoms with Crippen molar-refractivity contribution in [3.05, 3.63) is 18.3 Å². The standard InChI is InChI=1S/C12H21N3SSi2/c1-17(2,3)10-9-15(14-13-10)11-7-8-12(16-11)18(4,5)6/h7-9H,1-6H3. The number of rotatable bonds is 3. The van der Waals surface area contributed by atoms with Crippen LogP contribution in [0.1, 0.15) is 0 Å². The third-order valence-electron chi connectivity index (χ3n) is 2.82. The van der Waals surface area contributed by atoms with Crippen molar-refractivity contribution in [3.8, 4) is 5.00 Å². The maximum absolute atomic E-state index is 4.33. The van der Waals surface area contributed by atoms with Crippen molar-refractivity contribution in [2.24, 2.45) is 0 Å². The molecule has 0 saturated carbocycles. The van der Waals surface area contributed by atoms with Crippen LogP contribution in [0.4, 0.5) is 0 Å². The molecular formula is C12H21N3SSi2. The first kappa shape index (κ1) is 13.7. The van der Waals surface area contributed by atoms with E-state index in [1.54, 1.807) is 0 Å². The van der Waals surface area contributed by atoms with Gasteiger partial charge in [-0.3, -0.25) is 0 Å². The summed E-state index contributed by atoms with van der Waals surface area (Å²) >= 11 is 1.85. The normalized spacial score (nSPS) is 13.0. The molecule has 98 valence electrons. The molecule has 0 amide bonds. The molecule has 0 N–H and O–H groups in total. The molecule has 0 bridgehead atoms. The zero-order valence-corrected chi connectivity index (χ0v) is 14.8. The second-order valence-corrected chi connectivity index (χ2v) is 18.2. The van der Waals surface area contributed by atoms with E-state index in [0.29, 0.717) is 0 Å². The molecule has 0 aliphatic carbocycles. The molecule has 0 spiro atoms. The van der Waals surface area contributed by atoms with Crippen molar-refractivity contribution in [1.82, 2.24) is 15.0 Å². The first-order chi connectivity index (χ1) is 8.18. The SMILES string of the molecule is C[Si](C)(C)c1cn(-c2ccc([Si](C)(C)C)s2)nn1. The molecule has 2 aromatic heterocycles. The Morgan fingerprint density at radius 3 is 2.11 bits per heavy atom. The molecule has 0 aromatic carbocycles. The van der Waals surface area contributed by atoms with Crippen molar-refractivity contribution in [3.63, 3.8) is 0 Å². The van der Waals surface area contributed by atoms with Gasteiger partial charge in [-0.25, -0.2) is 4.68 Å². The lowest BCUT2D eigenvalue weighted by atomic mass is 10.6. The van der Waals surface area contributed by atoms with E-state index in [1.807, 2.05) is 16.0 Å². The summed E-state index contributed by atoms with van der Waals surface area (Å²) in [6.07, 6.45) is 2.10. The summed E-state index contributed by atoms with van der Waals surface area (Å²) in [4.78, 5) is 0. The van der Waals surface area contributed by atoms with Crippen LogP contribution in [0.25, 0.3) is 5.00 Å². The fourth-order valence-corrected chi connectivity index (χ4v) is 5.23. The van der Waals surface area contributed by atoms with Crippen LogP contribution in [0.15, 0.2) is 18.3 Å². The molecule has 0 unspecified atom stereocenters. The van der Waals surface area contributed by atoms with Crippen LogP contribution in [-0.4, -0.2) is 31.1 Å². The van der Waals surface area contributed by atoms with E-state index < -0.39 is 16.1 Å². The average Bonchev–Trinajstić information content (AvgIpc) is 2.84. The molecule has 6 heteroatoms. The van der Waals surface area contributed by atoms with Gasteiger partial charge in [-0.15, -0.1) is 16.4 Å². The number of hydrogen-bond donors (Lipinski definition) is 0. The third kappa shape index (κ3) is 2.81. The van der Waals surface area contributed by atoms with Gasteiger partial charge in [-0.2, -0.15) is 0 Å². The Kier molecular flexibility index (Phi) is 3.37. The van der Waals surface area contributed by atoms with Crippen molar-refractivity contribution in [2.45, 2.75) is 39.3 Å². The Hall–Kier alpha value is -0.726. The lowest BCUT2D eigenvalue weighted by Gasteiger charge is -2.12. The number of nitrogens with zero attached hydrogens (tertiary/aromatic N) is 3. The molecule has 3 nitrogen and oxygen atoms in total. The molecule has 0 saturated heterocycles. The molecule has 0 aliphatic heterocycles. The zero-order chi connectivity index (χ0) is 13.6. The van der Waals surface area contributed by atoms with Crippen LogP contribution in [0.2, 0.25) is 39.3 Å². The minimum Gasteiger partial charge on any atom is -0.211 e. The summed E-state index contributed by atoms with van der Waals surface area (Å²) in [5, 5.41) is 11.0. The van der Waals surface area contributed by atoms with E-state index >= 15 is 0 Å². The maximum atomic E-state index is 4.33. The van der Waals surface area contributed by atoms with Gasteiger partial charge in [-0.05, 0) is 10.6 Å². The van der Waals surface area contributed by atoms with E-state index in [4.69, 9.17) is 0 Å². The van der Waals surface area contributed by atoms with Gasteiger partial charge in [0.2, 0.25) is 0 Å². The largest absolute Gasteiger partial charge is 0.211 e. The topological polar surface area (TPSA) is 30.7 Å². The van der Waals surface area contributed by atoms with Gasteiger partial charge >= 0.3 is 0 Å². The van der Waals surface area contributed by atoms with Gasteiger partial charge in [0.25, 0.3) is 0 Å². The Bertz CT molecular complexity index is 496. The van der Waals surface area contributed by atoms with E-state index in [-0.39, 0.29) is 0 Å². The molecule has 2 heterocycles. The van der Waals surface area contributed by atoms with Crippen LogP contribution in [0.3, 0.4) is 0 Å². The quantitative estimate of drug-likeness (QED) is 0.814. The van der Waals surface area contributed by atoms with Gasteiger partial charge in [-0.1, -0.05) is 50.6 Å². The second-order valence-electron chi connectivity index (χ2n) is 6.69. The highest BCUT2D eigenvalue weighted by Crippen LogP contribution is 2.16. The number of hydrogen-bond acceptors (Lipinski definition) is 3. The number of thiophene rings is 1. The van der Waals surface area contributed by atoms with Gasteiger partial charge in [0.15, 0.2) is 0 Å². The highest BCUT2D eigenvalue weighted by molar-refractivity contribution is 7.28. The summed E-state index contributed by atoms with van der Waals surface area (Å²) in [5.74, 6) is 0. The van der Waals surface area contributed by atoms with Gasteiger partial charge in [0, 0.05) is 0 Å². The van der Waals surface area contributed by atoms with E-state index in [9.17, 15) is 0 Å². The van der Waals surface area contributed by atoms with Crippen LogP contribution in [0, 0.1) is 0 Å². The predicted octanol–water partition coefficient (Wildman–Crippen LogP) is 2.42. The zero-order valence-electron chi connectivity index (χ0n) is 12.0. The summed E-state index contributed by atoms with van der Waals surface area (Å²) in [6, 6.07) is 4.42. The smallest absolute Gasteiger partial charge is 0.119 e. The molecule has 2 rings (SSSR count). The molecule has 0 atom stereocenters. The van der Waals surface area contributed by atoms with Gasteiger partial charge in [0.05, 0.1) is 19.6 Å². The third-order valence-corrected chi connectivity index (χ3v) is 9.26. The lowest BCUT2D eigenvalue weighted by Crippen LogP contribution is -2.38. The Labute approximate surface area is 115 Å². The second kappa shape index (κ2) is 4.43. The molecule has 0 fully saturated rings. The monoisotopic (exact) mass is 295 g/mol. The van der Waals surface area contributed by atoms with Crippen molar-refractivity contribution < 1.29 is 0 Å². The first-order valence-corrected chi connectivity index (χ1v) is 14.0. The Morgan fingerprint density at radius 2 is 1.67 bits per heavy atom. The minimum atomic E-state index is -1.36. The summed E-state index contributed by atoms with van der Waals surface area (Å²) in [7, 11) is -2.57. The van der Waals surface area contributed by atoms with Crippen LogP contribution in [-0.2, 0) is 0 Å². The molecule has 0 aliphatic rings. The van der Waals surface area contributed by atoms with Crippen molar-refractivity contribution in [2.75, 3.05) is 0 Å². The van der Waals surface area contributed by atoms with Gasteiger partial charge in [0.1, 0.15) is 13.1 Å². The van der Waals surface area contributed by atoms with E-state index in [2.05, 4.69) is 67.9 Å². The van der Waals surface area contributed by atoms with Crippen LogP contribution < -0.4 is 9.82 Å². The Balaban J connectivity index is 2.33. The van der Waals surface area contributed by atoms with Crippen LogP contribution >= 0.6 is 11.3 Å². The van der Waals surface area contributed by atoms with E-state index in [0.717, 1.165) is 0 Å². The maximum Gasteiger partial charge on any atom is 0.119 e. The predicted molar refractivity (Wildman–Crippen MR) is 85.2 cm³/mol. The first-order valence-electron chi connectivity index (χ1n) is 6.21. The Morgan fingerprint density at radius 1 is 1.00 bits per heavy atom. The fourth-order valence-electron chi connectivity index (χ4n) is 1.57. The fraction of sp³-hybridized carbons (Fsp3) is 0.500. The average molecular weight is 296 g/mol. The van der Waals surface area contributed by atoms with Crippen molar-refractivity contribution in [1.29, 1.82) is 0 Å². The van der Waals surface area contributed by atoms with Crippen LogP contribution in [0.5, 0.6) is 0 Å². The number of aromatic nitrogens is 3. The van der Waals surface area contributed by atoms with E-state index in [1.165, 1.54) is 14.8 Å². The van der Waals surface area contributed by atoms with Gasteiger partial charge < -0.3 is 0 Å². The molecule has 0 radical (unpaired) electrons. The highest BCUT2D eigenvalue weighted by Gasteiger charge is 2.22. The molecule has 2 aromatic rings. The summed E-state index contributed by atoms with van der Waals surface area (Å²) < 4.78 is 3.45.